The first-order valence-electron chi connectivity index (χ1n) is 4.67. The smallest absolute Gasteiger partial charge is 0.0242 e. The molecule has 0 amide bonds. The van der Waals surface area contributed by atoms with Gasteiger partial charge in [0.05, 0.1) is 0 Å². The number of benzene rings is 1. The molecule has 1 nitrogen and oxygen atoms in total. The quantitative estimate of drug-likeness (QED) is 0.635. The second-order valence-corrected chi connectivity index (χ2v) is 3.46. The Balaban J connectivity index is 2.18. The Morgan fingerprint density at radius 1 is 1.31 bits per heavy atom. The first kappa shape index (κ1) is 8.34. The van der Waals surface area contributed by atoms with Crippen LogP contribution in [0.15, 0.2) is 24.3 Å². The predicted molar refractivity (Wildman–Crippen MR) is 54.6 cm³/mol. The summed E-state index contributed by atoms with van der Waals surface area (Å²) in [4.78, 5) is 0. The number of rotatable bonds is 1. The van der Waals surface area contributed by atoms with Crippen LogP contribution in [0.5, 0.6) is 0 Å². The van der Waals surface area contributed by atoms with Crippen LogP contribution in [0.4, 0.5) is 0 Å². The molecule has 1 aliphatic rings. The lowest BCUT2D eigenvalue weighted by Gasteiger charge is -2.07. The van der Waals surface area contributed by atoms with Crippen molar-refractivity contribution in [2.45, 2.75) is 12.3 Å². The number of nitrogens with one attached hydrogen (secondary N) is 1. The second-order valence-electron chi connectivity index (χ2n) is 3.46. The Kier molecular flexibility index (Phi) is 2.33. The van der Waals surface area contributed by atoms with Gasteiger partial charge in [0.25, 0.3) is 0 Å². The molecule has 0 aromatic heterocycles. The SMILES string of the molecule is C#Cc1ccc(C2CCNC2)cc1. The normalized spacial score (nSPS) is 21.3. The molecular formula is C12H13N. The zero-order valence-corrected chi connectivity index (χ0v) is 7.59. The lowest BCUT2D eigenvalue weighted by Crippen LogP contribution is -2.07. The van der Waals surface area contributed by atoms with E-state index in [0.717, 1.165) is 18.7 Å². The van der Waals surface area contributed by atoms with Crippen LogP contribution in [-0.2, 0) is 0 Å². The van der Waals surface area contributed by atoms with E-state index in [0.29, 0.717) is 5.92 Å². The summed E-state index contributed by atoms with van der Waals surface area (Å²) in [6.07, 6.45) is 6.54. The van der Waals surface area contributed by atoms with E-state index >= 15 is 0 Å². The third-order valence-corrected chi connectivity index (χ3v) is 2.61. The van der Waals surface area contributed by atoms with Crippen molar-refractivity contribution in [1.29, 1.82) is 0 Å². The molecular weight excluding hydrogens is 158 g/mol. The summed E-state index contributed by atoms with van der Waals surface area (Å²) in [5.74, 6) is 3.32. The van der Waals surface area contributed by atoms with Gasteiger partial charge in [-0.25, -0.2) is 0 Å². The molecule has 66 valence electrons. The summed E-state index contributed by atoms with van der Waals surface area (Å²) in [6, 6.07) is 8.33. The molecule has 1 aromatic carbocycles. The van der Waals surface area contributed by atoms with Gasteiger partial charge in [-0.2, -0.15) is 0 Å². The summed E-state index contributed by atoms with van der Waals surface area (Å²) in [7, 11) is 0. The standard InChI is InChI=1S/C12H13N/c1-2-10-3-5-11(6-4-10)12-7-8-13-9-12/h1,3-6,12-13H,7-9H2. The minimum absolute atomic E-state index is 0.687. The molecule has 1 heterocycles. The van der Waals surface area contributed by atoms with Crippen molar-refractivity contribution in [1.82, 2.24) is 5.32 Å². The Morgan fingerprint density at radius 2 is 2.08 bits per heavy atom. The molecule has 1 fully saturated rings. The van der Waals surface area contributed by atoms with E-state index in [1.54, 1.807) is 0 Å². The first-order valence-corrected chi connectivity index (χ1v) is 4.67. The molecule has 1 aromatic rings. The van der Waals surface area contributed by atoms with Crippen molar-refractivity contribution in [2.24, 2.45) is 0 Å². The Morgan fingerprint density at radius 3 is 2.62 bits per heavy atom. The van der Waals surface area contributed by atoms with E-state index < -0.39 is 0 Å². The van der Waals surface area contributed by atoms with Crippen molar-refractivity contribution in [2.75, 3.05) is 13.1 Å². The lowest BCUT2D eigenvalue weighted by atomic mass is 9.97. The molecule has 0 aliphatic carbocycles. The van der Waals surface area contributed by atoms with Crippen molar-refractivity contribution in [3.8, 4) is 12.3 Å². The average Bonchev–Trinajstić information content (AvgIpc) is 2.71. The third kappa shape index (κ3) is 1.74. The van der Waals surface area contributed by atoms with Crippen LogP contribution in [-0.4, -0.2) is 13.1 Å². The zero-order chi connectivity index (χ0) is 9.10. The van der Waals surface area contributed by atoms with Crippen molar-refractivity contribution >= 4 is 0 Å². The fourth-order valence-corrected chi connectivity index (χ4v) is 1.79. The minimum atomic E-state index is 0.687. The molecule has 0 spiro atoms. The zero-order valence-electron chi connectivity index (χ0n) is 7.59. The maximum atomic E-state index is 5.29. The Hall–Kier alpha value is -1.26. The Bertz CT molecular complexity index is 312. The van der Waals surface area contributed by atoms with E-state index in [9.17, 15) is 0 Å². The van der Waals surface area contributed by atoms with Gasteiger partial charge in [-0.05, 0) is 36.6 Å². The van der Waals surface area contributed by atoms with E-state index in [1.165, 1.54) is 12.0 Å². The summed E-state index contributed by atoms with van der Waals surface area (Å²) >= 11 is 0. The molecule has 0 bridgehead atoms. The predicted octanol–water partition coefficient (Wildman–Crippen LogP) is 1.74. The number of hydrogen-bond acceptors (Lipinski definition) is 1. The molecule has 1 aliphatic heterocycles. The van der Waals surface area contributed by atoms with Gasteiger partial charge in [-0.1, -0.05) is 18.1 Å². The van der Waals surface area contributed by atoms with Gasteiger partial charge >= 0.3 is 0 Å². The maximum Gasteiger partial charge on any atom is 0.0242 e. The first-order chi connectivity index (χ1) is 6.40. The highest BCUT2D eigenvalue weighted by molar-refractivity contribution is 5.35. The van der Waals surface area contributed by atoms with Gasteiger partial charge in [0.1, 0.15) is 0 Å². The third-order valence-electron chi connectivity index (χ3n) is 2.61. The van der Waals surface area contributed by atoms with Crippen molar-refractivity contribution in [3.05, 3.63) is 35.4 Å². The average molecular weight is 171 g/mol. The van der Waals surface area contributed by atoms with E-state index in [4.69, 9.17) is 6.42 Å². The van der Waals surface area contributed by atoms with Gasteiger partial charge in [0.15, 0.2) is 0 Å². The topological polar surface area (TPSA) is 12.0 Å². The largest absolute Gasteiger partial charge is 0.316 e. The molecule has 2 rings (SSSR count). The van der Waals surface area contributed by atoms with Crippen LogP contribution in [0.25, 0.3) is 0 Å². The fraction of sp³-hybridized carbons (Fsp3) is 0.333. The minimum Gasteiger partial charge on any atom is -0.316 e. The fourth-order valence-electron chi connectivity index (χ4n) is 1.79. The van der Waals surface area contributed by atoms with Gasteiger partial charge < -0.3 is 5.32 Å². The van der Waals surface area contributed by atoms with Gasteiger partial charge in [-0.15, -0.1) is 6.42 Å². The molecule has 0 radical (unpaired) electrons. The van der Waals surface area contributed by atoms with Crippen molar-refractivity contribution < 1.29 is 0 Å². The summed E-state index contributed by atoms with van der Waals surface area (Å²) < 4.78 is 0. The molecule has 0 saturated carbocycles. The molecule has 1 heteroatoms. The summed E-state index contributed by atoms with van der Waals surface area (Å²) in [6.45, 7) is 2.25. The molecule has 1 atom stereocenters. The second kappa shape index (κ2) is 3.64. The van der Waals surface area contributed by atoms with Crippen LogP contribution >= 0.6 is 0 Å². The van der Waals surface area contributed by atoms with Crippen molar-refractivity contribution in [3.63, 3.8) is 0 Å². The van der Waals surface area contributed by atoms with Crippen LogP contribution in [0.2, 0.25) is 0 Å². The van der Waals surface area contributed by atoms with Crippen LogP contribution in [0, 0.1) is 12.3 Å². The lowest BCUT2D eigenvalue weighted by molar-refractivity contribution is 0.763. The number of hydrogen-bond donors (Lipinski definition) is 1. The monoisotopic (exact) mass is 171 g/mol. The molecule has 1 unspecified atom stereocenters. The van der Waals surface area contributed by atoms with E-state index in [2.05, 4.69) is 23.4 Å². The highest BCUT2D eigenvalue weighted by Crippen LogP contribution is 2.22. The van der Waals surface area contributed by atoms with Gasteiger partial charge in [0, 0.05) is 12.1 Å². The molecule has 1 saturated heterocycles. The van der Waals surface area contributed by atoms with Gasteiger partial charge in [-0.3, -0.25) is 0 Å². The highest BCUT2D eigenvalue weighted by Gasteiger charge is 2.15. The maximum absolute atomic E-state index is 5.29. The van der Waals surface area contributed by atoms with Crippen LogP contribution in [0.1, 0.15) is 23.5 Å². The van der Waals surface area contributed by atoms with E-state index in [-0.39, 0.29) is 0 Å². The summed E-state index contributed by atoms with van der Waals surface area (Å²) in [5.41, 5.74) is 2.37. The van der Waals surface area contributed by atoms with Crippen LogP contribution in [0.3, 0.4) is 0 Å². The molecule has 1 N–H and O–H groups in total. The Labute approximate surface area is 79.2 Å². The number of terminal acetylenes is 1. The van der Waals surface area contributed by atoms with E-state index in [1.807, 2.05) is 12.1 Å². The van der Waals surface area contributed by atoms with Gasteiger partial charge in [0.2, 0.25) is 0 Å². The molecule has 13 heavy (non-hydrogen) atoms. The summed E-state index contributed by atoms with van der Waals surface area (Å²) in [5, 5.41) is 3.36. The highest BCUT2D eigenvalue weighted by atomic mass is 14.9. The van der Waals surface area contributed by atoms with Crippen LogP contribution < -0.4 is 5.32 Å².